The Bertz CT molecular complexity index is 317. The lowest BCUT2D eigenvalue weighted by atomic mass is 9.91. The fourth-order valence-electron chi connectivity index (χ4n) is 2.70. The largest absolute Gasteiger partial charge is 0.462 e. The Balaban J connectivity index is 1.92. The summed E-state index contributed by atoms with van der Waals surface area (Å²) in [4.78, 5) is 25.3. The molecule has 17 heavy (non-hydrogen) atoms. The highest BCUT2D eigenvalue weighted by Gasteiger charge is 2.41. The molecule has 0 aromatic heterocycles. The van der Waals surface area contributed by atoms with Crippen LogP contribution in [0.25, 0.3) is 0 Å². The number of carbonyl (C=O) groups is 2. The molecule has 2 fully saturated rings. The van der Waals surface area contributed by atoms with Gasteiger partial charge in [-0.1, -0.05) is 0 Å². The van der Waals surface area contributed by atoms with E-state index in [2.05, 4.69) is 10.2 Å². The van der Waals surface area contributed by atoms with Crippen LogP contribution in [0.2, 0.25) is 0 Å². The second-order valence-electron chi connectivity index (χ2n) is 5.07. The lowest BCUT2D eigenvalue weighted by Crippen LogP contribution is -2.48. The number of amides is 1. The average Bonchev–Trinajstić information content (AvgIpc) is 2.61. The maximum Gasteiger partial charge on any atom is 0.320 e. The topological polar surface area (TPSA) is 58.6 Å². The Kier molecular flexibility index (Phi) is 3.66. The van der Waals surface area contributed by atoms with E-state index in [1.54, 1.807) is 0 Å². The van der Waals surface area contributed by atoms with Gasteiger partial charge in [0.2, 0.25) is 5.91 Å². The van der Waals surface area contributed by atoms with Crippen molar-refractivity contribution in [2.24, 2.45) is 5.92 Å². The number of hydrogen-bond donors (Lipinski definition) is 1. The second kappa shape index (κ2) is 5.04. The third kappa shape index (κ3) is 2.77. The molecular formula is C12H20N2O3. The lowest BCUT2D eigenvalue weighted by Gasteiger charge is -2.35. The summed E-state index contributed by atoms with van der Waals surface area (Å²) in [6, 6.07) is 0.177. The molecule has 2 saturated heterocycles. The van der Waals surface area contributed by atoms with Crippen molar-refractivity contribution in [2.75, 3.05) is 19.6 Å². The van der Waals surface area contributed by atoms with Crippen LogP contribution < -0.4 is 5.32 Å². The first kappa shape index (κ1) is 12.4. The monoisotopic (exact) mass is 240 g/mol. The number of esters is 1. The van der Waals surface area contributed by atoms with E-state index in [0.717, 1.165) is 19.4 Å². The van der Waals surface area contributed by atoms with Crippen LogP contribution in [0.15, 0.2) is 0 Å². The summed E-state index contributed by atoms with van der Waals surface area (Å²) < 4.78 is 5.14. The van der Waals surface area contributed by atoms with E-state index in [0.29, 0.717) is 13.1 Å². The molecule has 2 atom stereocenters. The molecule has 0 spiro atoms. The highest BCUT2D eigenvalue weighted by molar-refractivity contribution is 5.82. The maximum absolute atomic E-state index is 11.6. The number of piperidine rings is 1. The van der Waals surface area contributed by atoms with E-state index in [4.69, 9.17) is 4.74 Å². The molecule has 2 aliphatic heterocycles. The Hall–Kier alpha value is -1.10. The van der Waals surface area contributed by atoms with Crippen LogP contribution in [-0.4, -0.2) is 48.6 Å². The molecule has 0 aromatic rings. The summed E-state index contributed by atoms with van der Waals surface area (Å²) in [6.45, 7) is 5.53. The SMILES string of the molecule is CC(C)OC(=O)CN1CCCC2C(=O)NCC21. The minimum atomic E-state index is -0.194. The minimum Gasteiger partial charge on any atom is -0.462 e. The first-order chi connectivity index (χ1) is 8.08. The number of carbonyl (C=O) groups excluding carboxylic acids is 2. The van der Waals surface area contributed by atoms with E-state index in [-0.39, 0.29) is 29.9 Å². The number of hydrogen-bond acceptors (Lipinski definition) is 4. The molecule has 0 saturated carbocycles. The third-order valence-electron chi connectivity index (χ3n) is 3.42. The Labute approximate surface area is 101 Å². The molecule has 1 N–H and O–H groups in total. The fraction of sp³-hybridized carbons (Fsp3) is 0.833. The van der Waals surface area contributed by atoms with Crippen LogP contribution in [0.1, 0.15) is 26.7 Å². The zero-order valence-electron chi connectivity index (χ0n) is 10.4. The van der Waals surface area contributed by atoms with Crippen molar-refractivity contribution < 1.29 is 14.3 Å². The number of fused-ring (bicyclic) bond motifs is 1. The summed E-state index contributed by atoms with van der Waals surface area (Å²) in [7, 11) is 0. The number of likely N-dealkylation sites (tertiary alicyclic amines) is 1. The van der Waals surface area contributed by atoms with Crippen LogP contribution in [0.4, 0.5) is 0 Å². The molecule has 2 heterocycles. The molecule has 0 radical (unpaired) electrons. The highest BCUT2D eigenvalue weighted by atomic mass is 16.5. The van der Waals surface area contributed by atoms with Crippen LogP contribution in [-0.2, 0) is 14.3 Å². The molecule has 0 bridgehead atoms. The Morgan fingerprint density at radius 3 is 3.06 bits per heavy atom. The smallest absolute Gasteiger partial charge is 0.320 e. The summed E-state index contributed by atoms with van der Waals surface area (Å²) in [5.41, 5.74) is 0. The summed E-state index contributed by atoms with van der Waals surface area (Å²) in [5.74, 6) is 0.00697. The first-order valence-corrected chi connectivity index (χ1v) is 6.29. The zero-order valence-corrected chi connectivity index (χ0v) is 10.4. The fourth-order valence-corrected chi connectivity index (χ4v) is 2.70. The van der Waals surface area contributed by atoms with Gasteiger partial charge >= 0.3 is 5.97 Å². The average molecular weight is 240 g/mol. The van der Waals surface area contributed by atoms with Gasteiger partial charge in [-0.2, -0.15) is 0 Å². The lowest BCUT2D eigenvalue weighted by molar-refractivity contribution is -0.150. The molecule has 2 rings (SSSR count). The molecular weight excluding hydrogens is 220 g/mol. The van der Waals surface area contributed by atoms with Crippen LogP contribution in [0.3, 0.4) is 0 Å². The van der Waals surface area contributed by atoms with Gasteiger partial charge in [-0.15, -0.1) is 0 Å². The Morgan fingerprint density at radius 2 is 2.35 bits per heavy atom. The van der Waals surface area contributed by atoms with Gasteiger partial charge < -0.3 is 10.1 Å². The quantitative estimate of drug-likeness (QED) is 0.713. The van der Waals surface area contributed by atoms with E-state index in [9.17, 15) is 9.59 Å². The molecule has 2 aliphatic rings. The molecule has 0 aliphatic carbocycles. The van der Waals surface area contributed by atoms with Gasteiger partial charge in [-0.3, -0.25) is 14.5 Å². The second-order valence-corrected chi connectivity index (χ2v) is 5.07. The number of ether oxygens (including phenoxy) is 1. The third-order valence-corrected chi connectivity index (χ3v) is 3.42. The molecule has 0 aromatic carbocycles. The molecule has 5 nitrogen and oxygen atoms in total. The number of nitrogens with zero attached hydrogens (tertiary/aromatic N) is 1. The van der Waals surface area contributed by atoms with Crippen LogP contribution >= 0.6 is 0 Å². The first-order valence-electron chi connectivity index (χ1n) is 6.29. The van der Waals surface area contributed by atoms with Crippen molar-refractivity contribution in [3.05, 3.63) is 0 Å². The summed E-state index contributed by atoms with van der Waals surface area (Å²) in [5, 5.41) is 2.87. The van der Waals surface area contributed by atoms with Crippen molar-refractivity contribution in [1.82, 2.24) is 10.2 Å². The van der Waals surface area contributed by atoms with Gasteiger partial charge in [0.05, 0.1) is 18.6 Å². The predicted molar refractivity (Wildman–Crippen MR) is 62.3 cm³/mol. The molecule has 1 amide bonds. The van der Waals surface area contributed by atoms with E-state index in [1.807, 2.05) is 13.8 Å². The number of nitrogens with one attached hydrogen (secondary N) is 1. The van der Waals surface area contributed by atoms with Crippen molar-refractivity contribution >= 4 is 11.9 Å². The van der Waals surface area contributed by atoms with Crippen molar-refractivity contribution in [3.63, 3.8) is 0 Å². The van der Waals surface area contributed by atoms with Gasteiger partial charge in [0.25, 0.3) is 0 Å². The van der Waals surface area contributed by atoms with Crippen molar-refractivity contribution in [1.29, 1.82) is 0 Å². The van der Waals surface area contributed by atoms with Crippen molar-refractivity contribution in [3.8, 4) is 0 Å². The van der Waals surface area contributed by atoms with Gasteiger partial charge in [-0.05, 0) is 33.2 Å². The molecule has 5 heteroatoms. The van der Waals surface area contributed by atoms with E-state index in [1.165, 1.54) is 0 Å². The van der Waals surface area contributed by atoms with Crippen LogP contribution in [0, 0.1) is 5.92 Å². The van der Waals surface area contributed by atoms with Gasteiger partial charge in [0.15, 0.2) is 0 Å². The van der Waals surface area contributed by atoms with E-state index >= 15 is 0 Å². The van der Waals surface area contributed by atoms with Gasteiger partial charge in [0.1, 0.15) is 0 Å². The maximum atomic E-state index is 11.6. The molecule has 96 valence electrons. The summed E-state index contributed by atoms with van der Waals surface area (Å²) >= 11 is 0. The zero-order chi connectivity index (χ0) is 12.4. The summed E-state index contributed by atoms with van der Waals surface area (Å²) in [6.07, 6.45) is 1.84. The van der Waals surface area contributed by atoms with Gasteiger partial charge in [0, 0.05) is 12.6 Å². The van der Waals surface area contributed by atoms with Crippen molar-refractivity contribution in [2.45, 2.75) is 38.8 Å². The highest BCUT2D eigenvalue weighted by Crippen LogP contribution is 2.27. The predicted octanol–water partition coefficient (Wildman–Crippen LogP) is 0.148. The minimum absolute atomic E-state index is 0.0654. The van der Waals surface area contributed by atoms with Crippen LogP contribution in [0.5, 0.6) is 0 Å². The molecule has 2 unspecified atom stereocenters. The Morgan fingerprint density at radius 1 is 1.59 bits per heavy atom. The normalized spacial score (nSPS) is 29.0. The number of rotatable bonds is 3. The van der Waals surface area contributed by atoms with E-state index < -0.39 is 0 Å². The standard InChI is InChI=1S/C12H20N2O3/c1-8(2)17-11(15)7-14-5-3-4-9-10(14)6-13-12(9)16/h8-10H,3-7H2,1-2H3,(H,13,16). The van der Waals surface area contributed by atoms with Gasteiger partial charge in [-0.25, -0.2) is 0 Å².